The molecule has 1 heterocycles. The molecular weight excluding hydrogens is 247 g/mol. The molecule has 0 fully saturated rings. The number of halogens is 1. The van der Waals surface area contributed by atoms with E-state index in [1.54, 1.807) is 12.1 Å². The number of esters is 1. The summed E-state index contributed by atoms with van der Waals surface area (Å²) in [6, 6.07) is 10.5. The van der Waals surface area contributed by atoms with Crippen molar-refractivity contribution in [3.8, 4) is 0 Å². The third kappa shape index (κ3) is 2.05. The summed E-state index contributed by atoms with van der Waals surface area (Å²) in [4.78, 5) is 10.8. The average molecular weight is 258 g/mol. The van der Waals surface area contributed by atoms with Crippen LogP contribution in [-0.2, 0) is 16.1 Å². The lowest BCUT2D eigenvalue weighted by molar-refractivity contribution is -0.142. The van der Waals surface area contributed by atoms with E-state index in [-0.39, 0.29) is 12.2 Å². The van der Waals surface area contributed by atoms with Gasteiger partial charge in [0.2, 0.25) is 0 Å². The minimum absolute atomic E-state index is 0.0572. The number of carbonyl (C=O) groups excluding carboxylic acids is 1. The highest BCUT2D eigenvalue weighted by Gasteiger charge is 2.12. The van der Waals surface area contributed by atoms with Crippen molar-refractivity contribution in [2.45, 2.75) is 13.5 Å². The maximum Gasteiger partial charge on any atom is 0.302 e. The van der Waals surface area contributed by atoms with Crippen LogP contribution in [-0.4, -0.2) is 5.97 Å². The van der Waals surface area contributed by atoms with Crippen molar-refractivity contribution in [3.05, 3.63) is 47.8 Å². The Balaban J connectivity index is 2.17. The molecule has 4 heteroatoms. The molecule has 0 radical (unpaired) electrons. The first-order valence-corrected chi connectivity index (χ1v) is 5.88. The highest BCUT2D eigenvalue weighted by molar-refractivity contribution is 6.05. The molecule has 0 aliphatic heterocycles. The number of para-hydroxylation sites is 1. The van der Waals surface area contributed by atoms with Gasteiger partial charge in [0.1, 0.15) is 12.2 Å². The molecule has 0 amide bonds. The number of furan rings is 1. The normalized spacial score (nSPS) is 11.1. The van der Waals surface area contributed by atoms with Crippen molar-refractivity contribution < 1.29 is 18.3 Å². The molecule has 0 aliphatic rings. The van der Waals surface area contributed by atoms with E-state index in [1.807, 2.05) is 18.2 Å². The van der Waals surface area contributed by atoms with E-state index in [0.29, 0.717) is 16.5 Å². The predicted molar refractivity (Wildman–Crippen MR) is 69.1 cm³/mol. The van der Waals surface area contributed by atoms with Crippen LogP contribution in [0.25, 0.3) is 21.9 Å². The van der Waals surface area contributed by atoms with Gasteiger partial charge in [0.15, 0.2) is 11.4 Å². The fourth-order valence-electron chi connectivity index (χ4n) is 2.11. The predicted octanol–water partition coefficient (Wildman–Crippen LogP) is 3.79. The van der Waals surface area contributed by atoms with Gasteiger partial charge >= 0.3 is 5.97 Å². The van der Waals surface area contributed by atoms with Crippen LogP contribution in [0.15, 0.2) is 40.8 Å². The molecule has 2 aromatic carbocycles. The van der Waals surface area contributed by atoms with Gasteiger partial charge in [-0.2, -0.15) is 0 Å². The summed E-state index contributed by atoms with van der Waals surface area (Å²) >= 11 is 0. The monoisotopic (exact) mass is 258 g/mol. The first kappa shape index (κ1) is 11.7. The smallest absolute Gasteiger partial charge is 0.302 e. The van der Waals surface area contributed by atoms with Crippen LogP contribution in [0.2, 0.25) is 0 Å². The van der Waals surface area contributed by atoms with E-state index in [0.717, 1.165) is 5.39 Å². The molecule has 0 saturated carbocycles. The Morgan fingerprint density at radius 3 is 2.84 bits per heavy atom. The first-order valence-electron chi connectivity index (χ1n) is 5.88. The largest absolute Gasteiger partial charge is 0.461 e. The Morgan fingerprint density at radius 1 is 1.26 bits per heavy atom. The summed E-state index contributed by atoms with van der Waals surface area (Å²) in [7, 11) is 0. The Bertz CT molecular complexity index is 774. The molecule has 0 aliphatic carbocycles. The van der Waals surface area contributed by atoms with Gasteiger partial charge < -0.3 is 9.15 Å². The van der Waals surface area contributed by atoms with Crippen molar-refractivity contribution in [3.63, 3.8) is 0 Å². The number of ether oxygens (including phenoxy) is 1. The molecule has 3 rings (SSSR count). The maximum atomic E-state index is 14.0. The fraction of sp³-hybridized carbons (Fsp3) is 0.133. The van der Waals surface area contributed by atoms with E-state index in [9.17, 15) is 9.18 Å². The van der Waals surface area contributed by atoms with E-state index < -0.39 is 11.8 Å². The SMILES string of the molecule is CC(=O)OCc1cc(F)c2oc3ccccc3c2c1. The van der Waals surface area contributed by atoms with Gasteiger partial charge in [-0.25, -0.2) is 4.39 Å². The number of rotatable bonds is 2. The van der Waals surface area contributed by atoms with Crippen LogP contribution < -0.4 is 0 Å². The van der Waals surface area contributed by atoms with Crippen LogP contribution >= 0.6 is 0 Å². The molecule has 0 N–H and O–H groups in total. The number of carbonyl (C=O) groups is 1. The van der Waals surface area contributed by atoms with Gasteiger partial charge in [-0.05, 0) is 23.8 Å². The van der Waals surface area contributed by atoms with Crippen molar-refractivity contribution in [2.24, 2.45) is 0 Å². The second-order valence-corrected chi connectivity index (χ2v) is 4.33. The Hall–Kier alpha value is -2.36. The van der Waals surface area contributed by atoms with Crippen LogP contribution in [0, 0.1) is 5.82 Å². The molecule has 0 unspecified atom stereocenters. The standard InChI is InChI=1S/C15H11FO3/c1-9(17)18-8-10-6-12-11-4-2-3-5-14(11)19-15(12)13(16)7-10/h2-7H,8H2,1H3. The molecule has 19 heavy (non-hydrogen) atoms. The molecule has 3 aromatic rings. The van der Waals surface area contributed by atoms with Crippen molar-refractivity contribution >= 4 is 27.9 Å². The third-order valence-corrected chi connectivity index (χ3v) is 2.93. The zero-order valence-corrected chi connectivity index (χ0v) is 10.3. The average Bonchev–Trinajstić information content (AvgIpc) is 2.76. The summed E-state index contributed by atoms with van der Waals surface area (Å²) in [6.45, 7) is 1.38. The highest BCUT2D eigenvalue weighted by Crippen LogP contribution is 2.31. The third-order valence-electron chi connectivity index (χ3n) is 2.93. The molecule has 0 saturated heterocycles. The van der Waals surface area contributed by atoms with E-state index in [1.165, 1.54) is 13.0 Å². The summed E-state index contributed by atoms with van der Waals surface area (Å²) in [6.07, 6.45) is 0. The fourth-order valence-corrected chi connectivity index (χ4v) is 2.11. The number of hydrogen-bond donors (Lipinski definition) is 0. The highest BCUT2D eigenvalue weighted by atomic mass is 19.1. The van der Waals surface area contributed by atoms with Crippen LogP contribution in [0.4, 0.5) is 4.39 Å². The van der Waals surface area contributed by atoms with Gasteiger partial charge in [0.05, 0.1) is 0 Å². The van der Waals surface area contributed by atoms with Gasteiger partial charge in [-0.3, -0.25) is 4.79 Å². The van der Waals surface area contributed by atoms with Crippen LogP contribution in [0.5, 0.6) is 0 Å². The van der Waals surface area contributed by atoms with Crippen LogP contribution in [0.3, 0.4) is 0 Å². The lowest BCUT2D eigenvalue weighted by Gasteiger charge is -2.02. The van der Waals surface area contributed by atoms with Gasteiger partial charge in [0, 0.05) is 17.7 Å². The summed E-state index contributed by atoms with van der Waals surface area (Å²) < 4.78 is 24.3. The van der Waals surface area contributed by atoms with E-state index >= 15 is 0 Å². The molecule has 96 valence electrons. The van der Waals surface area contributed by atoms with Crippen molar-refractivity contribution in [1.29, 1.82) is 0 Å². The molecule has 0 atom stereocenters. The number of fused-ring (bicyclic) bond motifs is 3. The van der Waals surface area contributed by atoms with Crippen molar-refractivity contribution in [2.75, 3.05) is 0 Å². The van der Waals surface area contributed by atoms with Crippen LogP contribution in [0.1, 0.15) is 12.5 Å². The number of benzene rings is 2. The van der Waals surface area contributed by atoms with Gasteiger partial charge in [-0.1, -0.05) is 18.2 Å². The summed E-state index contributed by atoms with van der Waals surface area (Å²) in [5.41, 5.74) is 1.47. The molecule has 3 nitrogen and oxygen atoms in total. The van der Waals surface area contributed by atoms with Crippen molar-refractivity contribution in [1.82, 2.24) is 0 Å². The quantitative estimate of drug-likeness (QED) is 0.656. The van der Waals surface area contributed by atoms with E-state index in [4.69, 9.17) is 9.15 Å². The second-order valence-electron chi connectivity index (χ2n) is 4.33. The zero-order chi connectivity index (χ0) is 13.4. The molecular formula is C15H11FO3. The second kappa shape index (κ2) is 4.39. The topological polar surface area (TPSA) is 39.4 Å². The lowest BCUT2D eigenvalue weighted by atomic mass is 10.1. The Labute approximate surface area is 108 Å². The minimum Gasteiger partial charge on any atom is -0.461 e. The summed E-state index contributed by atoms with van der Waals surface area (Å²) in [5, 5.41) is 1.54. The molecule has 0 spiro atoms. The minimum atomic E-state index is -0.448. The Kier molecular flexibility index (Phi) is 2.71. The molecule has 0 bridgehead atoms. The summed E-state index contributed by atoms with van der Waals surface area (Å²) in [5.74, 6) is -0.839. The first-order chi connectivity index (χ1) is 9.15. The van der Waals surface area contributed by atoms with E-state index in [2.05, 4.69) is 0 Å². The van der Waals surface area contributed by atoms with Gasteiger partial charge in [0.25, 0.3) is 0 Å². The Morgan fingerprint density at radius 2 is 2.05 bits per heavy atom. The zero-order valence-electron chi connectivity index (χ0n) is 10.3. The van der Waals surface area contributed by atoms with Gasteiger partial charge in [-0.15, -0.1) is 0 Å². The molecule has 1 aromatic heterocycles. The lowest BCUT2D eigenvalue weighted by Crippen LogP contribution is -1.99. The maximum absolute atomic E-state index is 14.0. The number of hydrogen-bond acceptors (Lipinski definition) is 3.